The second-order valence-electron chi connectivity index (χ2n) is 9.31. The highest BCUT2D eigenvalue weighted by molar-refractivity contribution is 6.01. The van der Waals surface area contributed by atoms with E-state index in [-0.39, 0.29) is 23.8 Å². The van der Waals surface area contributed by atoms with Gasteiger partial charge in [-0.15, -0.1) is 0 Å². The largest absolute Gasteiger partial charge is 0.493 e. The summed E-state index contributed by atoms with van der Waals surface area (Å²) in [4.78, 5) is 53.6. The van der Waals surface area contributed by atoms with Crippen LogP contribution in [0.2, 0.25) is 0 Å². The number of fused-ring (bicyclic) bond motifs is 1. The number of ether oxygens (including phenoxy) is 1. The van der Waals surface area contributed by atoms with Crippen LogP contribution in [0.15, 0.2) is 24.3 Å². The fraction of sp³-hybridized carbons (Fsp3) is 0.600. The first-order chi connectivity index (χ1) is 16.7. The molecule has 1 aliphatic rings. The summed E-state index contributed by atoms with van der Waals surface area (Å²) in [7, 11) is 3.96. The lowest BCUT2D eigenvalue weighted by atomic mass is 10.0. The van der Waals surface area contributed by atoms with Crippen LogP contribution in [0.25, 0.3) is 0 Å². The van der Waals surface area contributed by atoms with E-state index in [1.54, 1.807) is 24.3 Å². The Bertz CT molecular complexity index is 874. The second-order valence-corrected chi connectivity index (χ2v) is 9.31. The van der Waals surface area contributed by atoms with Gasteiger partial charge in [0.05, 0.1) is 18.6 Å². The molecule has 194 valence electrons. The van der Waals surface area contributed by atoms with Crippen LogP contribution in [-0.4, -0.2) is 80.9 Å². The molecule has 2 atom stereocenters. The Kier molecular flexibility index (Phi) is 11.5. The van der Waals surface area contributed by atoms with E-state index in [1.165, 1.54) is 0 Å². The first-order valence-electron chi connectivity index (χ1n) is 12.2. The molecule has 4 N–H and O–H groups in total. The van der Waals surface area contributed by atoms with E-state index >= 15 is 0 Å². The number of hydrogen-bond donors (Lipinski definition) is 4. The number of amides is 4. The molecule has 10 heteroatoms. The lowest BCUT2D eigenvalue weighted by Gasteiger charge is -2.23. The van der Waals surface area contributed by atoms with Gasteiger partial charge in [0.15, 0.2) is 0 Å². The minimum atomic E-state index is -1.11. The molecule has 0 unspecified atom stereocenters. The zero-order valence-electron chi connectivity index (χ0n) is 21.2. The lowest BCUT2D eigenvalue weighted by molar-refractivity contribution is -0.131. The predicted molar refractivity (Wildman–Crippen MR) is 133 cm³/mol. The van der Waals surface area contributed by atoms with Crippen molar-refractivity contribution in [3.05, 3.63) is 29.8 Å². The number of unbranched alkanes of at least 4 members (excludes halogenated alkanes) is 1. The molecule has 10 nitrogen and oxygen atoms in total. The number of hydrogen-bond acceptors (Lipinski definition) is 6. The average Bonchev–Trinajstić information content (AvgIpc) is 2.81. The van der Waals surface area contributed by atoms with Crippen molar-refractivity contribution in [2.75, 3.05) is 40.3 Å². The van der Waals surface area contributed by atoms with Gasteiger partial charge in [0.25, 0.3) is 5.91 Å². The van der Waals surface area contributed by atoms with Crippen LogP contribution in [0.4, 0.5) is 0 Å². The van der Waals surface area contributed by atoms with Gasteiger partial charge >= 0.3 is 0 Å². The Balaban J connectivity index is 2.21. The van der Waals surface area contributed by atoms with E-state index in [2.05, 4.69) is 26.2 Å². The Labute approximate surface area is 207 Å². The van der Waals surface area contributed by atoms with Crippen molar-refractivity contribution in [2.24, 2.45) is 5.92 Å². The molecule has 1 aliphatic heterocycles. The SMILES string of the molecule is CC(C)[C@H]1NC(=O)C[C@@H](C(=O)NCCCCN(C)C)NC(=O)c2ccccc2OCCCNC1=O. The smallest absolute Gasteiger partial charge is 0.255 e. The van der Waals surface area contributed by atoms with Gasteiger partial charge < -0.3 is 30.9 Å². The van der Waals surface area contributed by atoms with Crippen LogP contribution >= 0.6 is 0 Å². The number of rotatable bonds is 7. The molecule has 4 amide bonds. The molecule has 0 bridgehead atoms. The van der Waals surface area contributed by atoms with Crippen molar-refractivity contribution >= 4 is 23.6 Å². The summed E-state index contributed by atoms with van der Waals surface area (Å²) in [6.07, 6.45) is 1.90. The van der Waals surface area contributed by atoms with Crippen molar-refractivity contribution in [2.45, 2.75) is 51.6 Å². The van der Waals surface area contributed by atoms with Crippen molar-refractivity contribution in [1.82, 2.24) is 26.2 Å². The Morgan fingerprint density at radius 3 is 2.60 bits per heavy atom. The zero-order valence-corrected chi connectivity index (χ0v) is 21.2. The van der Waals surface area contributed by atoms with E-state index in [4.69, 9.17) is 4.74 Å². The van der Waals surface area contributed by atoms with E-state index in [1.807, 2.05) is 27.9 Å². The molecule has 0 saturated carbocycles. The van der Waals surface area contributed by atoms with Crippen molar-refractivity contribution in [1.29, 1.82) is 0 Å². The molecule has 1 heterocycles. The van der Waals surface area contributed by atoms with Crippen LogP contribution in [-0.2, 0) is 14.4 Å². The molecule has 2 rings (SSSR count). The first kappa shape index (κ1) is 28.1. The number of nitrogens with one attached hydrogen (secondary N) is 4. The maximum Gasteiger partial charge on any atom is 0.255 e. The fourth-order valence-electron chi connectivity index (χ4n) is 3.64. The van der Waals surface area contributed by atoms with Gasteiger partial charge in [0.1, 0.15) is 17.8 Å². The average molecular weight is 490 g/mol. The third-order valence-electron chi connectivity index (χ3n) is 5.62. The summed E-state index contributed by atoms with van der Waals surface area (Å²) < 4.78 is 5.77. The summed E-state index contributed by atoms with van der Waals surface area (Å²) in [5.41, 5.74) is 0.274. The highest BCUT2D eigenvalue weighted by Gasteiger charge is 2.29. The number of carbonyl (C=O) groups excluding carboxylic acids is 4. The van der Waals surface area contributed by atoms with Crippen LogP contribution in [0, 0.1) is 5.92 Å². The minimum Gasteiger partial charge on any atom is -0.493 e. The fourth-order valence-corrected chi connectivity index (χ4v) is 3.64. The number of para-hydroxylation sites is 1. The number of nitrogens with zero attached hydrogens (tertiary/aromatic N) is 1. The summed E-state index contributed by atoms with van der Waals surface area (Å²) in [5, 5.41) is 11.0. The molecule has 0 spiro atoms. The summed E-state index contributed by atoms with van der Waals surface area (Å²) in [6.45, 7) is 5.65. The van der Waals surface area contributed by atoms with E-state index < -0.39 is 29.8 Å². The predicted octanol–water partition coefficient (Wildman–Crippen LogP) is 0.673. The summed E-state index contributed by atoms with van der Waals surface area (Å²) >= 11 is 0. The van der Waals surface area contributed by atoms with Crippen molar-refractivity contribution in [3.63, 3.8) is 0 Å². The van der Waals surface area contributed by atoms with Crippen molar-refractivity contribution in [3.8, 4) is 5.75 Å². The van der Waals surface area contributed by atoms with Gasteiger partial charge in [-0.25, -0.2) is 0 Å². The summed E-state index contributed by atoms with van der Waals surface area (Å²) in [5.74, 6) is -1.54. The van der Waals surface area contributed by atoms with Gasteiger partial charge in [-0.1, -0.05) is 26.0 Å². The lowest BCUT2D eigenvalue weighted by Crippen LogP contribution is -2.53. The molecule has 0 radical (unpaired) electrons. The molecule has 1 aromatic rings. The Hall–Kier alpha value is -3.14. The molecule has 35 heavy (non-hydrogen) atoms. The van der Waals surface area contributed by atoms with Gasteiger partial charge in [0.2, 0.25) is 17.7 Å². The van der Waals surface area contributed by atoms with Crippen LogP contribution in [0.3, 0.4) is 0 Å². The normalized spacial score (nSPS) is 20.0. The van der Waals surface area contributed by atoms with Gasteiger partial charge in [-0.05, 0) is 58.0 Å². The monoisotopic (exact) mass is 489 g/mol. The molecule has 0 fully saturated rings. The molecule has 0 aliphatic carbocycles. The second kappa shape index (κ2) is 14.3. The molecule has 1 aromatic carbocycles. The highest BCUT2D eigenvalue weighted by Crippen LogP contribution is 2.18. The van der Waals surface area contributed by atoms with E-state index in [9.17, 15) is 19.2 Å². The van der Waals surface area contributed by atoms with Crippen LogP contribution in [0.5, 0.6) is 5.75 Å². The van der Waals surface area contributed by atoms with Crippen molar-refractivity contribution < 1.29 is 23.9 Å². The van der Waals surface area contributed by atoms with E-state index in [0.29, 0.717) is 31.9 Å². The van der Waals surface area contributed by atoms with Gasteiger partial charge in [-0.2, -0.15) is 0 Å². The highest BCUT2D eigenvalue weighted by atomic mass is 16.5. The zero-order chi connectivity index (χ0) is 25.8. The van der Waals surface area contributed by atoms with Crippen LogP contribution in [0.1, 0.15) is 49.9 Å². The van der Waals surface area contributed by atoms with E-state index in [0.717, 1.165) is 19.4 Å². The molecule has 0 aromatic heterocycles. The molecule has 0 saturated heterocycles. The number of carbonyl (C=O) groups is 4. The Morgan fingerprint density at radius 2 is 1.89 bits per heavy atom. The third-order valence-corrected chi connectivity index (χ3v) is 5.62. The standard InChI is InChI=1S/C25H39N5O5/c1-17(2)22-25(34)27-13-9-15-35-20-11-6-5-10-18(20)23(32)28-19(16-21(31)29-22)24(33)26-12-7-8-14-30(3)4/h5-6,10-11,17,19,22H,7-9,12-16H2,1-4H3,(H,26,33)(H,27,34)(H,28,32)(H,29,31)/t19-,22+/m0/s1. The summed E-state index contributed by atoms with van der Waals surface area (Å²) in [6, 6.07) is 4.88. The minimum absolute atomic E-state index is 0.159. The maximum absolute atomic E-state index is 13.1. The Morgan fingerprint density at radius 1 is 1.14 bits per heavy atom. The van der Waals surface area contributed by atoms with Gasteiger partial charge in [0, 0.05) is 13.1 Å². The quantitative estimate of drug-likeness (QED) is 0.417. The molecular formula is C25H39N5O5. The maximum atomic E-state index is 13.1. The number of benzene rings is 1. The van der Waals surface area contributed by atoms with Gasteiger partial charge in [-0.3, -0.25) is 19.2 Å². The van der Waals surface area contributed by atoms with Crippen LogP contribution < -0.4 is 26.0 Å². The molecular weight excluding hydrogens is 450 g/mol. The third kappa shape index (κ3) is 9.56. The topological polar surface area (TPSA) is 129 Å². The first-order valence-corrected chi connectivity index (χ1v) is 12.2.